The Balaban J connectivity index is 1.44. The van der Waals surface area contributed by atoms with Crippen molar-refractivity contribution in [3.05, 3.63) is 72.2 Å². The zero-order valence-corrected chi connectivity index (χ0v) is 18.8. The lowest BCUT2D eigenvalue weighted by Crippen LogP contribution is -2.44. The zero-order chi connectivity index (χ0) is 22.9. The number of rotatable bonds is 5. The molecule has 5 rings (SSSR count). The van der Waals surface area contributed by atoms with Gasteiger partial charge < -0.3 is 25.3 Å². The van der Waals surface area contributed by atoms with Gasteiger partial charge in [0.15, 0.2) is 11.5 Å². The maximum atomic E-state index is 11.5. The van der Waals surface area contributed by atoms with Crippen LogP contribution >= 0.6 is 0 Å². The number of aromatic nitrogens is 3. The van der Waals surface area contributed by atoms with Crippen molar-refractivity contribution in [2.24, 2.45) is 5.73 Å². The van der Waals surface area contributed by atoms with E-state index in [1.165, 1.54) is 5.69 Å². The minimum absolute atomic E-state index is 0.440. The van der Waals surface area contributed by atoms with Crippen LogP contribution in [0.4, 0.5) is 17.2 Å². The highest BCUT2D eigenvalue weighted by Gasteiger charge is 2.15. The summed E-state index contributed by atoms with van der Waals surface area (Å²) in [5.41, 5.74) is 11.5. The molecule has 8 heteroatoms. The second-order valence-corrected chi connectivity index (χ2v) is 8.49. The third-order valence-corrected chi connectivity index (χ3v) is 6.16. The van der Waals surface area contributed by atoms with Crippen molar-refractivity contribution in [2.75, 3.05) is 43.4 Å². The lowest BCUT2D eigenvalue weighted by atomic mass is 10.0. The maximum Gasteiger partial charge on any atom is 0.248 e. The molecule has 168 valence electrons. The molecule has 1 aliphatic heterocycles. The van der Waals surface area contributed by atoms with Crippen LogP contribution in [-0.2, 0) is 0 Å². The van der Waals surface area contributed by atoms with Crippen LogP contribution in [0.2, 0.25) is 0 Å². The number of aryl methyl sites for hydroxylation is 1. The summed E-state index contributed by atoms with van der Waals surface area (Å²) < 4.78 is 1.95. The summed E-state index contributed by atoms with van der Waals surface area (Å²) in [7, 11) is 2.16. The number of piperazine rings is 1. The van der Waals surface area contributed by atoms with Gasteiger partial charge in [0.05, 0.1) is 5.69 Å². The molecule has 1 fully saturated rings. The number of hydrogen-bond donors (Lipinski definition) is 2. The minimum atomic E-state index is -0.440. The van der Waals surface area contributed by atoms with Gasteiger partial charge in [-0.05, 0) is 55.9 Å². The van der Waals surface area contributed by atoms with Crippen LogP contribution in [0.25, 0.3) is 16.9 Å². The first-order valence-corrected chi connectivity index (χ1v) is 11.0. The molecule has 2 aromatic heterocycles. The number of amides is 1. The summed E-state index contributed by atoms with van der Waals surface area (Å²) >= 11 is 0. The van der Waals surface area contributed by atoms with E-state index >= 15 is 0 Å². The van der Waals surface area contributed by atoms with Crippen LogP contribution in [0.15, 0.2) is 61.1 Å². The summed E-state index contributed by atoms with van der Waals surface area (Å²) in [4.78, 5) is 25.6. The summed E-state index contributed by atoms with van der Waals surface area (Å²) in [5, 5.41) is 3.43. The van der Waals surface area contributed by atoms with Gasteiger partial charge in [0, 0.05) is 67.3 Å². The molecule has 0 spiro atoms. The lowest BCUT2D eigenvalue weighted by molar-refractivity contribution is 0.1000. The van der Waals surface area contributed by atoms with Gasteiger partial charge in [-0.25, -0.2) is 9.97 Å². The van der Waals surface area contributed by atoms with Crippen LogP contribution in [0.5, 0.6) is 0 Å². The van der Waals surface area contributed by atoms with Crippen molar-refractivity contribution in [1.29, 1.82) is 0 Å². The number of anilines is 3. The van der Waals surface area contributed by atoms with Crippen LogP contribution < -0.4 is 16.0 Å². The molecule has 2 aromatic carbocycles. The van der Waals surface area contributed by atoms with Crippen molar-refractivity contribution in [3.63, 3.8) is 0 Å². The van der Waals surface area contributed by atoms with E-state index in [2.05, 4.69) is 51.4 Å². The van der Waals surface area contributed by atoms with Crippen molar-refractivity contribution < 1.29 is 4.79 Å². The second-order valence-electron chi connectivity index (χ2n) is 8.49. The van der Waals surface area contributed by atoms with Gasteiger partial charge in [-0.2, -0.15) is 0 Å². The molecule has 4 aromatic rings. The molecule has 0 aliphatic carbocycles. The molecule has 33 heavy (non-hydrogen) atoms. The van der Waals surface area contributed by atoms with Crippen LogP contribution in [0.3, 0.4) is 0 Å². The van der Waals surface area contributed by atoms with Gasteiger partial charge in [0.25, 0.3) is 0 Å². The topological polar surface area (TPSA) is 91.8 Å². The normalized spacial score (nSPS) is 14.5. The number of nitrogens with two attached hydrogens (primary N) is 1. The van der Waals surface area contributed by atoms with Crippen molar-refractivity contribution in [2.45, 2.75) is 6.92 Å². The fourth-order valence-electron chi connectivity index (χ4n) is 4.21. The van der Waals surface area contributed by atoms with E-state index in [9.17, 15) is 4.79 Å². The van der Waals surface area contributed by atoms with Crippen LogP contribution in [-0.4, -0.2) is 58.4 Å². The third kappa shape index (κ3) is 4.25. The second kappa shape index (κ2) is 8.55. The Kier molecular flexibility index (Phi) is 5.43. The Morgan fingerprint density at radius 2 is 1.82 bits per heavy atom. The molecule has 3 heterocycles. The Hall–Kier alpha value is -3.91. The molecule has 0 saturated carbocycles. The molecule has 3 N–H and O–H groups in total. The highest BCUT2D eigenvalue weighted by atomic mass is 16.1. The van der Waals surface area contributed by atoms with E-state index in [-0.39, 0.29) is 0 Å². The monoisotopic (exact) mass is 441 g/mol. The number of imidazole rings is 1. The molecule has 0 radical (unpaired) electrons. The van der Waals surface area contributed by atoms with Gasteiger partial charge in [0.1, 0.15) is 0 Å². The van der Waals surface area contributed by atoms with Crippen LogP contribution in [0.1, 0.15) is 15.9 Å². The zero-order valence-electron chi connectivity index (χ0n) is 18.8. The van der Waals surface area contributed by atoms with E-state index in [0.29, 0.717) is 11.4 Å². The lowest BCUT2D eigenvalue weighted by Gasteiger charge is -2.34. The first kappa shape index (κ1) is 21.0. The number of carbonyl (C=O) groups is 1. The largest absolute Gasteiger partial charge is 0.369 e. The van der Waals surface area contributed by atoms with E-state index < -0.39 is 5.91 Å². The number of nitrogens with one attached hydrogen (secondary N) is 1. The minimum Gasteiger partial charge on any atom is -0.369 e. The first-order valence-electron chi connectivity index (χ1n) is 11.0. The number of fused-ring (bicyclic) bond motifs is 1. The van der Waals surface area contributed by atoms with Crippen molar-refractivity contribution in [1.82, 2.24) is 19.3 Å². The number of carbonyl (C=O) groups excluding carboxylic acids is 1. The number of primary amides is 1. The smallest absolute Gasteiger partial charge is 0.248 e. The highest BCUT2D eigenvalue weighted by molar-refractivity contribution is 5.93. The van der Waals surface area contributed by atoms with Gasteiger partial charge in [0.2, 0.25) is 5.91 Å². The van der Waals surface area contributed by atoms with E-state index in [4.69, 9.17) is 10.7 Å². The number of benzene rings is 2. The summed E-state index contributed by atoms with van der Waals surface area (Å²) in [6.07, 6.45) is 5.59. The molecule has 8 nitrogen and oxygen atoms in total. The van der Waals surface area contributed by atoms with Gasteiger partial charge >= 0.3 is 0 Å². The average molecular weight is 442 g/mol. The van der Waals surface area contributed by atoms with Crippen LogP contribution in [0, 0.1) is 6.92 Å². The quantitative estimate of drug-likeness (QED) is 0.494. The first-order chi connectivity index (χ1) is 16.0. The number of hydrogen-bond acceptors (Lipinski definition) is 6. The Bertz CT molecular complexity index is 1300. The molecule has 0 unspecified atom stereocenters. The molecule has 1 saturated heterocycles. The standard InChI is InChI=1S/C25H27N7O/c1-17-15-18(23(26)33)3-8-21(17)22-16-32-10-9-27-25(32)24(29-22)28-19-4-6-20(7-5-19)31-13-11-30(2)12-14-31/h3-10,15-16H,11-14H2,1-2H3,(H2,26,33)(H,28,29). The van der Waals surface area contributed by atoms with Crippen molar-refractivity contribution in [3.8, 4) is 11.3 Å². The SMILES string of the molecule is Cc1cc(C(N)=O)ccc1-c1cn2ccnc2c(Nc2ccc(N3CCN(C)CC3)cc2)n1. The van der Waals surface area contributed by atoms with Gasteiger partial charge in [-0.1, -0.05) is 6.07 Å². The molecular formula is C25H27N7O. The molecule has 0 bridgehead atoms. The Labute approximate surface area is 192 Å². The van der Waals surface area contributed by atoms with E-state index in [1.54, 1.807) is 18.3 Å². The predicted octanol–water partition coefficient (Wildman–Crippen LogP) is 3.30. The summed E-state index contributed by atoms with van der Waals surface area (Å²) in [6.45, 7) is 6.18. The third-order valence-electron chi connectivity index (χ3n) is 6.16. The molecule has 1 aliphatic rings. The number of nitrogens with zero attached hydrogens (tertiary/aromatic N) is 5. The fraction of sp³-hybridized carbons (Fsp3) is 0.240. The van der Waals surface area contributed by atoms with Gasteiger partial charge in [-0.3, -0.25) is 4.79 Å². The molecule has 1 amide bonds. The summed E-state index contributed by atoms with van der Waals surface area (Å²) in [5.74, 6) is 0.230. The Morgan fingerprint density at radius 1 is 1.06 bits per heavy atom. The van der Waals surface area contributed by atoms with E-state index in [1.807, 2.05) is 29.8 Å². The fourth-order valence-corrected chi connectivity index (χ4v) is 4.21. The Morgan fingerprint density at radius 3 is 2.52 bits per heavy atom. The van der Waals surface area contributed by atoms with Gasteiger partial charge in [-0.15, -0.1) is 0 Å². The highest BCUT2D eigenvalue weighted by Crippen LogP contribution is 2.28. The molecular weight excluding hydrogens is 414 g/mol. The van der Waals surface area contributed by atoms with Crippen molar-refractivity contribution >= 4 is 28.7 Å². The summed E-state index contributed by atoms with van der Waals surface area (Å²) in [6, 6.07) is 13.9. The molecule has 0 atom stereocenters. The maximum absolute atomic E-state index is 11.5. The number of likely N-dealkylation sites (N-methyl/N-ethyl adjacent to an activating group) is 1. The van der Waals surface area contributed by atoms with E-state index in [0.717, 1.165) is 54.3 Å². The predicted molar refractivity (Wildman–Crippen MR) is 131 cm³/mol. The average Bonchev–Trinajstić information content (AvgIpc) is 3.29.